The molecule has 1 heterocycles. The summed E-state index contributed by atoms with van der Waals surface area (Å²) in [4.78, 5) is 16.2. The van der Waals surface area contributed by atoms with Crippen molar-refractivity contribution in [2.24, 2.45) is 17.6 Å². The maximum absolute atomic E-state index is 12.1. The van der Waals surface area contributed by atoms with Crippen LogP contribution in [0.15, 0.2) is 12.5 Å². The molecule has 3 unspecified atom stereocenters. The van der Waals surface area contributed by atoms with Gasteiger partial charge < -0.3 is 15.6 Å². The van der Waals surface area contributed by atoms with Gasteiger partial charge in [0.05, 0.1) is 6.33 Å². The van der Waals surface area contributed by atoms with Gasteiger partial charge in [-0.25, -0.2) is 4.98 Å². The Bertz CT molecular complexity index is 415. The molecule has 1 aliphatic rings. The van der Waals surface area contributed by atoms with E-state index in [1.54, 1.807) is 12.5 Å². The minimum absolute atomic E-state index is 0.0725. The van der Waals surface area contributed by atoms with Crippen LogP contribution in [0.4, 0.5) is 0 Å². The molecule has 5 heteroatoms. The second kappa shape index (κ2) is 5.52. The first-order valence-corrected chi connectivity index (χ1v) is 6.64. The SMILES string of the molecule is CC1CCC(NC(=O)c2cn(CCN)cn2)C1C. The number of nitrogens with two attached hydrogens (primary N) is 1. The van der Waals surface area contributed by atoms with Gasteiger partial charge in [0, 0.05) is 25.3 Å². The van der Waals surface area contributed by atoms with Crippen molar-refractivity contribution in [3.05, 3.63) is 18.2 Å². The molecule has 0 saturated heterocycles. The van der Waals surface area contributed by atoms with Crippen LogP contribution in [-0.2, 0) is 6.54 Å². The van der Waals surface area contributed by atoms with E-state index in [9.17, 15) is 4.79 Å². The molecule has 0 radical (unpaired) electrons. The zero-order chi connectivity index (χ0) is 13.1. The highest BCUT2D eigenvalue weighted by Gasteiger charge is 2.31. The Morgan fingerprint density at radius 3 is 2.94 bits per heavy atom. The summed E-state index contributed by atoms with van der Waals surface area (Å²) in [6.07, 6.45) is 5.67. The summed E-state index contributed by atoms with van der Waals surface area (Å²) >= 11 is 0. The van der Waals surface area contributed by atoms with Crippen LogP contribution in [0.3, 0.4) is 0 Å². The van der Waals surface area contributed by atoms with Crippen LogP contribution < -0.4 is 11.1 Å². The molecule has 0 bridgehead atoms. The lowest BCUT2D eigenvalue weighted by molar-refractivity contribution is 0.0922. The first kappa shape index (κ1) is 13.1. The first-order valence-electron chi connectivity index (χ1n) is 6.64. The summed E-state index contributed by atoms with van der Waals surface area (Å²) in [5.74, 6) is 1.15. The first-order chi connectivity index (χ1) is 8.61. The van der Waals surface area contributed by atoms with E-state index in [1.807, 2.05) is 4.57 Å². The van der Waals surface area contributed by atoms with Gasteiger partial charge in [-0.05, 0) is 24.7 Å². The van der Waals surface area contributed by atoms with Gasteiger partial charge in [0.2, 0.25) is 0 Å². The summed E-state index contributed by atoms with van der Waals surface area (Å²) in [7, 11) is 0. The van der Waals surface area contributed by atoms with Crippen molar-refractivity contribution in [3.8, 4) is 0 Å². The lowest BCUT2D eigenvalue weighted by Gasteiger charge is -2.18. The number of nitrogens with zero attached hydrogens (tertiary/aromatic N) is 2. The minimum atomic E-state index is -0.0725. The second-order valence-electron chi connectivity index (χ2n) is 5.28. The van der Waals surface area contributed by atoms with E-state index in [2.05, 4.69) is 24.1 Å². The Labute approximate surface area is 108 Å². The Hall–Kier alpha value is -1.36. The molecule has 1 fully saturated rings. The third kappa shape index (κ3) is 2.72. The molecule has 5 nitrogen and oxygen atoms in total. The molecule has 1 amide bonds. The normalized spacial score (nSPS) is 27.4. The van der Waals surface area contributed by atoms with Crippen LogP contribution in [0, 0.1) is 11.8 Å². The average molecular weight is 250 g/mol. The number of hydrogen-bond acceptors (Lipinski definition) is 3. The molecule has 1 aliphatic carbocycles. The van der Waals surface area contributed by atoms with E-state index in [4.69, 9.17) is 5.73 Å². The van der Waals surface area contributed by atoms with Gasteiger partial charge in [-0.2, -0.15) is 0 Å². The molecule has 0 spiro atoms. The van der Waals surface area contributed by atoms with Gasteiger partial charge in [-0.15, -0.1) is 0 Å². The van der Waals surface area contributed by atoms with Crippen molar-refractivity contribution in [2.45, 2.75) is 39.3 Å². The molecule has 18 heavy (non-hydrogen) atoms. The summed E-state index contributed by atoms with van der Waals surface area (Å²) < 4.78 is 1.84. The minimum Gasteiger partial charge on any atom is -0.348 e. The van der Waals surface area contributed by atoms with Crippen molar-refractivity contribution in [1.29, 1.82) is 0 Å². The van der Waals surface area contributed by atoms with E-state index in [0.717, 1.165) is 6.42 Å². The largest absolute Gasteiger partial charge is 0.348 e. The van der Waals surface area contributed by atoms with E-state index in [0.29, 0.717) is 30.6 Å². The summed E-state index contributed by atoms with van der Waals surface area (Å²) in [5.41, 5.74) is 5.94. The molecule has 0 aliphatic heterocycles. The number of carbonyl (C=O) groups is 1. The topological polar surface area (TPSA) is 72.9 Å². The fourth-order valence-electron chi connectivity index (χ4n) is 2.56. The monoisotopic (exact) mass is 250 g/mol. The van der Waals surface area contributed by atoms with Crippen molar-refractivity contribution in [3.63, 3.8) is 0 Å². The van der Waals surface area contributed by atoms with Crippen LogP contribution >= 0.6 is 0 Å². The van der Waals surface area contributed by atoms with E-state index < -0.39 is 0 Å². The Balaban J connectivity index is 1.95. The number of amides is 1. The third-order valence-electron chi connectivity index (χ3n) is 4.03. The molecule has 100 valence electrons. The van der Waals surface area contributed by atoms with Crippen LogP contribution in [0.1, 0.15) is 37.2 Å². The number of rotatable bonds is 4. The predicted molar refractivity (Wildman–Crippen MR) is 70.1 cm³/mol. The molecule has 1 saturated carbocycles. The summed E-state index contributed by atoms with van der Waals surface area (Å²) in [6, 6.07) is 0.284. The van der Waals surface area contributed by atoms with Crippen LogP contribution in [0.2, 0.25) is 0 Å². The molecule has 3 N–H and O–H groups in total. The average Bonchev–Trinajstić information content (AvgIpc) is 2.92. The van der Waals surface area contributed by atoms with E-state index >= 15 is 0 Å². The van der Waals surface area contributed by atoms with E-state index in [-0.39, 0.29) is 11.9 Å². The molecule has 1 aromatic heterocycles. The summed E-state index contributed by atoms with van der Waals surface area (Å²) in [6.45, 7) is 5.69. The van der Waals surface area contributed by atoms with Crippen molar-refractivity contribution >= 4 is 5.91 Å². The van der Waals surface area contributed by atoms with Gasteiger partial charge in [0.1, 0.15) is 5.69 Å². The Kier molecular flexibility index (Phi) is 4.01. The van der Waals surface area contributed by atoms with Gasteiger partial charge in [0.25, 0.3) is 5.91 Å². The van der Waals surface area contributed by atoms with Gasteiger partial charge in [0.15, 0.2) is 0 Å². The quantitative estimate of drug-likeness (QED) is 0.837. The lowest BCUT2D eigenvalue weighted by atomic mass is 9.98. The van der Waals surface area contributed by atoms with Gasteiger partial charge >= 0.3 is 0 Å². The molecule has 2 rings (SSSR count). The molecule has 0 aromatic carbocycles. The third-order valence-corrected chi connectivity index (χ3v) is 4.03. The zero-order valence-corrected chi connectivity index (χ0v) is 11.1. The number of carbonyl (C=O) groups excluding carboxylic acids is 1. The zero-order valence-electron chi connectivity index (χ0n) is 11.1. The highest BCUT2D eigenvalue weighted by molar-refractivity contribution is 5.92. The maximum Gasteiger partial charge on any atom is 0.271 e. The van der Waals surface area contributed by atoms with Crippen LogP contribution in [0.25, 0.3) is 0 Å². The number of aromatic nitrogens is 2. The van der Waals surface area contributed by atoms with E-state index in [1.165, 1.54) is 6.42 Å². The Morgan fingerprint density at radius 1 is 1.56 bits per heavy atom. The van der Waals surface area contributed by atoms with Crippen molar-refractivity contribution in [2.75, 3.05) is 6.54 Å². The van der Waals surface area contributed by atoms with Gasteiger partial charge in [-0.1, -0.05) is 13.8 Å². The molecule has 3 atom stereocenters. The standard InChI is InChI=1S/C13H22N4O/c1-9-3-4-11(10(9)2)16-13(18)12-7-17(6-5-14)8-15-12/h7-11H,3-6,14H2,1-2H3,(H,16,18). The van der Waals surface area contributed by atoms with Crippen LogP contribution in [-0.4, -0.2) is 28.0 Å². The fourth-order valence-corrected chi connectivity index (χ4v) is 2.56. The van der Waals surface area contributed by atoms with Gasteiger partial charge in [-0.3, -0.25) is 4.79 Å². The highest BCUT2D eigenvalue weighted by atomic mass is 16.2. The second-order valence-corrected chi connectivity index (χ2v) is 5.28. The maximum atomic E-state index is 12.1. The van der Waals surface area contributed by atoms with Crippen LogP contribution in [0.5, 0.6) is 0 Å². The number of imidazole rings is 1. The lowest BCUT2D eigenvalue weighted by Crippen LogP contribution is -2.37. The van der Waals surface area contributed by atoms with Crippen molar-refractivity contribution < 1.29 is 4.79 Å². The number of hydrogen-bond donors (Lipinski definition) is 2. The smallest absolute Gasteiger partial charge is 0.271 e. The predicted octanol–water partition coefficient (Wildman–Crippen LogP) is 1.01. The Morgan fingerprint density at radius 2 is 2.33 bits per heavy atom. The molecular weight excluding hydrogens is 228 g/mol. The highest BCUT2D eigenvalue weighted by Crippen LogP contribution is 2.31. The summed E-state index contributed by atoms with van der Waals surface area (Å²) in [5, 5.41) is 3.08. The number of nitrogens with one attached hydrogen (secondary N) is 1. The molecule has 1 aromatic rings. The molecular formula is C13H22N4O. The van der Waals surface area contributed by atoms with Crippen molar-refractivity contribution in [1.82, 2.24) is 14.9 Å². The fraction of sp³-hybridized carbons (Fsp3) is 0.692.